The molecule has 19 heavy (non-hydrogen) atoms. The zero-order valence-electron chi connectivity index (χ0n) is 10.8. The average molecular weight is 257 g/mol. The number of aromatic nitrogens is 3. The number of nitrogens with zero attached hydrogens (tertiary/aromatic N) is 2. The summed E-state index contributed by atoms with van der Waals surface area (Å²) in [6, 6.07) is 3.81. The van der Waals surface area contributed by atoms with E-state index in [0.717, 1.165) is 28.0 Å². The number of benzene rings is 1. The van der Waals surface area contributed by atoms with Crippen LogP contribution in [0.15, 0.2) is 22.7 Å². The van der Waals surface area contributed by atoms with Crippen LogP contribution in [0, 0.1) is 13.8 Å². The predicted molar refractivity (Wildman–Crippen MR) is 73.8 cm³/mol. The monoisotopic (exact) mass is 257 g/mol. The van der Waals surface area contributed by atoms with Gasteiger partial charge in [-0.25, -0.2) is 4.98 Å². The number of hydrogen-bond donors (Lipinski definition) is 3. The Labute approximate surface area is 110 Å². The van der Waals surface area contributed by atoms with Gasteiger partial charge in [-0.1, -0.05) is 0 Å². The summed E-state index contributed by atoms with van der Waals surface area (Å²) in [6.45, 7) is 4.32. The average Bonchev–Trinajstić information content (AvgIpc) is 2.93. The van der Waals surface area contributed by atoms with Gasteiger partial charge < -0.3 is 15.5 Å². The first kappa shape index (κ1) is 11.6. The fourth-order valence-electron chi connectivity index (χ4n) is 1.95. The van der Waals surface area contributed by atoms with Crippen LogP contribution in [0.1, 0.15) is 17.3 Å². The molecule has 0 amide bonds. The summed E-state index contributed by atoms with van der Waals surface area (Å²) < 4.78 is 5.51. The molecule has 0 aliphatic carbocycles. The first-order valence-corrected chi connectivity index (χ1v) is 6.03. The van der Waals surface area contributed by atoms with Gasteiger partial charge in [-0.3, -0.25) is 5.10 Å². The van der Waals surface area contributed by atoms with Gasteiger partial charge in [0, 0.05) is 5.39 Å². The molecule has 0 atom stereocenters. The van der Waals surface area contributed by atoms with Crippen molar-refractivity contribution in [3.05, 3.63) is 35.7 Å². The summed E-state index contributed by atoms with van der Waals surface area (Å²) in [5.74, 6) is 1.49. The molecule has 0 saturated carbocycles. The molecular formula is C13H15N5O. The number of aryl methyl sites for hydroxylation is 2. The molecule has 0 unspecified atom stereocenters. The number of nitrogens with two attached hydrogens (primary N) is 1. The van der Waals surface area contributed by atoms with Crippen molar-refractivity contribution in [2.75, 3.05) is 11.1 Å². The maximum atomic E-state index is 5.99. The lowest BCUT2D eigenvalue weighted by Crippen LogP contribution is -2.02. The summed E-state index contributed by atoms with van der Waals surface area (Å²) in [7, 11) is 0. The van der Waals surface area contributed by atoms with Gasteiger partial charge in [0.1, 0.15) is 5.76 Å². The second kappa shape index (κ2) is 4.31. The molecule has 2 heterocycles. The van der Waals surface area contributed by atoms with Crippen molar-refractivity contribution in [1.29, 1.82) is 0 Å². The van der Waals surface area contributed by atoms with Crippen LogP contribution in [-0.2, 0) is 6.54 Å². The summed E-state index contributed by atoms with van der Waals surface area (Å²) in [5.41, 5.74) is 9.36. The highest BCUT2D eigenvalue weighted by Crippen LogP contribution is 2.25. The third-order valence-electron chi connectivity index (χ3n) is 3.11. The minimum Gasteiger partial charge on any atom is -0.444 e. The topological polar surface area (TPSA) is 92.8 Å². The third kappa shape index (κ3) is 2.12. The Morgan fingerprint density at radius 3 is 2.95 bits per heavy atom. The Hall–Kier alpha value is -2.50. The predicted octanol–water partition coefficient (Wildman–Crippen LogP) is 2.36. The number of nitrogen functional groups attached to an aromatic ring is 1. The van der Waals surface area contributed by atoms with Gasteiger partial charge in [0.15, 0.2) is 0 Å². The van der Waals surface area contributed by atoms with Crippen molar-refractivity contribution in [1.82, 2.24) is 15.2 Å². The lowest BCUT2D eigenvalue weighted by Gasteiger charge is -2.07. The van der Waals surface area contributed by atoms with Gasteiger partial charge in [-0.05, 0) is 26.0 Å². The molecule has 6 heteroatoms. The van der Waals surface area contributed by atoms with E-state index < -0.39 is 0 Å². The second-order valence-electron chi connectivity index (χ2n) is 4.50. The van der Waals surface area contributed by atoms with Crippen LogP contribution in [0.25, 0.3) is 10.9 Å². The first-order valence-electron chi connectivity index (χ1n) is 6.03. The summed E-state index contributed by atoms with van der Waals surface area (Å²) in [4.78, 5) is 4.32. The Morgan fingerprint density at radius 2 is 2.21 bits per heavy atom. The van der Waals surface area contributed by atoms with Crippen LogP contribution in [0.3, 0.4) is 0 Å². The van der Waals surface area contributed by atoms with Gasteiger partial charge in [0.05, 0.1) is 35.3 Å². The highest BCUT2D eigenvalue weighted by atomic mass is 16.4. The standard InChI is InChI=1S/C13H15N5O/c1-7-8(2)19-13(17-7)6-15-12-4-11-9(3-10(12)14)5-16-18-11/h3-5,15H,6,14H2,1-2H3,(H,16,18). The van der Waals surface area contributed by atoms with Crippen molar-refractivity contribution in [2.45, 2.75) is 20.4 Å². The summed E-state index contributed by atoms with van der Waals surface area (Å²) >= 11 is 0. The van der Waals surface area contributed by atoms with E-state index in [4.69, 9.17) is 10.2 Å². The Balaban J connectivity index is 1.82. The van der Waals surface area contributed by atoms with Crippen LogP contribution in [0.4, 0.5) is 11.4 Å². The minimum absolute atomic E-state index is 0.499. The van der Waals surface area contributed by atoms with E-state index in [9.17, 15) is 0 Å². The van der Waals surface area contributed by atoms with Crippen LogP contribution in [-0.4, -0.2) is 15.2 Å². The van der Waals surface area contributed by atoms with Gasteiger partial charge >= 0.3 is 0 Å². The minimum atomic E-state index is 0.499. The van der Waals surface area contributed by atoms with Gasteiger partial charge in [-0.2, -0.15) is 5.10 Å². The maximum absolute atomic E-state index is 5.99. The van der Waals surface area contributed by atoms with E-state index >= 15 is 0 Å². The van der Waals surface area contributed by atoms with Crippen molar-refractivity contribution < 1.29 is 4.42 Å². The fourth-order valence-corrected chi connectivity index (χ4v) is 1.95. The zero-order chi connectivity index (χ0) is 13.4. The summed E-state index contributed by atoms with van der Waals surface area (Å²) in [6.07, 6.45) is 1.75. The molecule has 0 fully saturated rings. The quantitative estimate of drug-likeness (QED) is 0.626. The molecule has 0 radical (unpaired) electrons. The lowest BCUT2D eigenvalue weighted by atomic mass is 10.2. The SMILES string of the molecule is Cc1nc(CNc2cc3[nH]ncc3cc2N)oc1C. The van der Waals surface area contributed by atoms with Crippen molar-refractivity contribution >= 4 is 22.3 Å². The highest BCUT2D eigenvalue weighted by molar-refractivity contribution is 5.88. The van der Waals surface area contributed by atoms with Crippen LogP contribution in [0.5, 0.6) is 0 Å². The number of oxazole rings is 1. The van der Waals surface area contributed by atoms with Crippen molar-refractivity contribution in [3.63, 3.8) is 0 Å². The van der Waals surface area contributed by atoms with E-state index in [2.05, 4.69) is 20.5 Å². The van der Waals surface area contributed by atoms with E-state index in [1.165, 1.54) is 0 Å². The maximum Gasteiger partial charge on any atom is 0.213 e. The molecule has 0 bridgehead atoms. The number of hydrogen-bond acceptors (Lipinski definition) is 5. The van der Waals surface area contributed by atoms with Gasteiger partial charge in [0.25, 0.3) is 0 Å². The molecule has 0 saturated heterocycles. The number of rotatable bonds is 3. The Kier molecular flexibility index (Phi) is 2.63. The molecule has 2 aromatic heterocycles. The molecule has 98 valence electrons. The summed E-state index contributed by atoms with van der Waals surface area (Å²) in [5, 5.41) is 11.1. The van der Waals surface area contributed by atoms with Gasteiger partial charge in [0.2, 0.25) is 5.89 Å². The number of aromatic amines is 1. The van der Waals surface area contributed by atoms with Crippen LogP contribution >= 0.6 is 0 Å². The van der Waals surface area contributed by atoms with Crippen LogP contribution < -0.4 is 11.1 Å². The molecule has 0 aliphatic rings. The Bertz CT molecular complexity index is 708. The number of anilines is 2. The van der Waals surface area contributed by atoms with E-state index in [0.29, 0.717) is 18.1 Å². The normalized spacial score (nSPS) is 11.1. The molecule has 0 aliphatic heterocycles. The second-order valence-corrected chi connectivity index (χ2v) is 4.50. The Morgan fingerprint density at radius 1 is 1.37 bits per heavy atom. The first-order chi connectivity index (χ1) is 9.13. The fraction of sp³-hybridized carbons (Fsp3) is 0.231. The molecule has 0 spiro atoms. The molecule has 3 rings (SSSR count). The van der Waals surface area contributed by atoms with E-state index in [-0.39, 0.29) is 0 Å². The lowest BCUT2D eigenvalue weighted by molar-refractivity contribution is 0.478. The highest BCUT2D eigenvalue weighted by Gasteiger charge is 2.07. The largest absolute Gasteiger partial charge is 0.444 e. The van der Waals surface area contributed by atoms with Crippen molar-refractivity contribution in [2.24, 2.45) is 0 Å². The van der Waals surface area contributed by atoms with Gasteiger partial charge in [-0.15, -0.1) is 0 Å². The van der Waals surface area contributed by atoms with Crippen molar-refractivity contribution in [3.8, 4) is 0 Å². The zero-order valence-corrected chi connectivity index (χ0v) is 10.8. The molecule has 1 aromatic carbocycles. The number of nitrogens with one attached hydrogen (secondary N) is 2. The molecule has 6 nitrogen and oxygen atoms in total. The van der Waals surface area contributed by atoms with E-state index in [1.54, 1.807) is 6.20 Å². The smallest absolute Gasteiger partial charge is 0.213 e. The molecule has 4 N–H and O–H groups in total. The van der Waals surface area contributed by atoms with E-state index in [1.807, 2.05) is 26.0 Å². The van der Waals surface area contributed by atoms with Crippen LogP contribution in [0.2, 0.25) is 0 Å². The molecule has 3 aromatic rings. The number of H-pyrrole nitrogens is 1. The molecular weight excluding hydrogens is 242 g/mol. The third-order valence-corrected chi connectivity index (χ3v) is 3.11. The number of fused-ring (bicyclic) bond motifs is 1.